The Morgan fingerprint density at radius 3 is 2.44 bits per heavy atom. The average Bonchev–Trinajstić information content (AvgIpc) is 2.76. The molecule has 0 radical (unpaired) electrons. The minimum absolute atomic E-state index is 0.250. The van der Waals surface area contributed by atoms with E-state index in [1.165, 1.54) is 6.07 Å². The smallest absolute Gasteiger partial charge is 0.419 e. The van der Waals surface area contributed by atoms with Crippen molar-refractivity contribution in [2.75, 3.05) is 26.3 Å². The molecule has 0 saturated carbocycles. The number of esters is 1. The van der Waals surface area contributed by atoms with Crippen molar-refractivity contribution in [1.29, 1.82) is 0 Å². The number of phenolic OH excluding ortho intramolecular Hbond substituents is 1. The summed E-state index contributed by atoms with van der Waals surface area (Å²) in [4.78, 5) is 14.8. The zero-order valence-electron chi connectivity index (χ0n) is 18.0. The van der Waals surface area contributed by atoms with Crippen molar-refractivity contribution in [1.82, 2.24) is 4.90 Å². The Bertz CT molecular complexity index is 894. The van der Waals surface area contributed by atoms with Gasteiger partial charge in [0.05, 0.1) is 24.2 Å². The van der Waals surface area contributed by atoms with E-state index in [0.29, 0.717) is 51.1 Å². The lowest BCUT2D eigenvalue weighted by Gasteiger charge is -2.40. The summed E-state index contributed by atoms with van der Waals surface area (Å²) in [5, 5.41) is 9.52. The first-order chi connectivity index (χ1) is 15.2. The number of para-hydroxylation sites is 1. The van der Waals surface area contributed by atoms with E-state index in [1.54, 1.807) is 6.92 Å². The van der Waals surface area contributed by atoms with Gasteiger partial charge < -0.3 is 14.6 Å². The van der Waals surface area contributed by atoms with Crippen molar-refractivity contribution in [3.05, 3.63) is 59.7 Å². The number of carbonyl (C=O) groups is 1. The van der Waals surface area contributed by atoms with E-state index in [2.05, 4.69) is 0 Å². The molecule has 0 aromatic heterocycles. The Labute approximate surface area is 185 Å². The molecule has 1 fully saturated rings. The molecule has 1 heterocycles. The predicted octanol–water partition coefficient (Wildman–Crippen LogP) is 5.03. The van der Waals surface area contributed by atoms with Crippen LogP contribution in [0, 0.1) is 5.41 Å². The van der Waals surface area contributed by atoms with Gasteiger partial charge in [-0.25, -0.2) is 0 Å². The van der Waals surface area contributed by atoms with Crippen LogP contribution in [0.5, 0.6) is 11.5 Å². The van der Waals surface area contributed by atoms with Crippen molar-refractivity contribution in [3.8, 4) is 11.5 Å². The number of benzene rings is 2. The second kappa shape index (κ2) is 10.3. The molecule has 8 heteroatoms. The van der Waals surface area contributed by atoms with Crippen molar-refractivity contribution >= 4 is 5.97 Å². The summed E-state index contributed by atoms with van der Waals surface area (Å²) in [6.45, 7) is 3.83. The van der Waals surface area contributed by atoms with Gasteiger partial charge in [-0.05, 0) is 69.1 Å². The van der Waals surface area contributed by atoms with Gasteiger partial charge in [-0.15, -0.1) is 0 Å². The normalized spacial score (nSPS) is 16.5. The quantitative estimate of drug-likeness (QED) is 0.571. The highest BCUT2D eigenvalue weighted by Crippen LogP contribution is 2.39. The molecule has 174 valence electrons. The van der Waals surface area contributed by atoms with Crippen LogP contribution in [0.2, 0.25) is 0 Å². The van der Waals surface area contributed by atoms with Crippen molar-refractivity contribution in [3.63, 3.8) is 0 Å². The van der Waals surface area contributed by atoms with Crippen LogP contribution in [-0.4, -0.2) is 42.3 Å². The fourth-order valence-electron chi connectivity index (χ4n) is 4.03. The van der Waals surface area contributed by atoms with Crippen LogP contribution in [0.3, 0.4) is 0 Å². The number of halogens is 3. The van der Waals surface area contributed by atoms with Crippen LogP contribution in [0.1, 0.15) is 37.3 Å². The van der Waals surface area contributed by atoms with Crippen LogP contribution in [0.15, 0.2) is 48.5 Å². The number of hydrogen-bond acceptors (Lipinski definition) is 5. The van der Waals surface area contributed by atoms with Gasteiger partial charge in [0.1, 0.15) is 11.5 Å². The summed E-state index contributed by atoms with van der Waals surface area (Å²) < 4.78 is 50.4. The summed E-state index contributed by atoms with van der Waals surface area (Å²) in [6, 6.07) is 12.9. The molecule has 2 aromatic carbocycles. The standard InChI is InChI=1S/C24H28F3NO4/c1-2-31-22(30)23(12-15-32-19-6-4-3-5-7-19)10-13-28(14-11-23)17-18-8-9-21(29)20(16-18)24(25,26)27/h3-9,16,29H,2,10-15,17H2,1H3. The maximum absolute atomic E-state index is 13.1. The Hall–Kier alpha value is -2.74. The number of piperidine rings is 1. The Balaban J connectivity index is 1.63. The molecule has 0 unspecified atom stereocenters. The summed E-state index contributed by atoms with van der Waals surface area (Å²) in [6.07, 6.45) is -3.03. The second-order valence-electron chi connectivity index (χ2n) is 8.04. The first-order valence-corrected chi connectivity index (χ1v) is 10.7. The average molecular weight is 451 g/mol. The molecule has 32 heavy (non-hydrogen) atoms. The second-order valence-corrected chi connectivity index (χ2v) is 8.04. The molecule has 0 aliphatic carbocycles. The van der Waals surface area contributed by atoms with E-state index < -0.39 is 22.9 Å². The van der Waals surface area contributed by atoms with E-state index in [0.717, 1.165) is 17.9 Å². The first kappa shape index (κ1) is 23.9. The van der Waals surface area contributed by atoms with Crippen molar-refractivity contribution in [2.45, 2.75) is 38.9 Å². The minimum Gasteiger partial charge on any atom is -0.507 e. The predicted molar refractivity (Wildman–Crippen MR) is 113 cm³/mol. The fraction of sp³-hybridized carbons (Fsp3) is 0.458. The highest BCUT2D eigenvalue weighted by Gasteiger charge is 2.42. The van der Waals surface area contributed by atoms with Gasteiger partial charge >= 0.3 is 12.1 Å². The monoisotopic (exact) mass is 451 g/mol. The molecule has 0 amide bonds. The lowest BCUT2D eigenvalue weighted by Crippen LogP contribution is -2.45. The number of ether oxygens (including phenoxy) is 2. The van der Waals surface area contributed by atoms with E-state index >= 15 is 0 Å². The number of rotatable bonds is 8. The van der Waals surface area contributed by atoms with Gasteiger partial charge in [-0.2, -0.15) is 13.2 Å². The third-order valence-electron chi connectivity index (χ3n) is 5.89. The lowest BCUT2D eigenvalue weighted by atomic mass is 9.75. The number of phenols is 1. The third-order valence-corrected chi connectivity index (χ3v) is 5.89. The molecule has 5 nitrogen and oxygen atoms in total. The number of hydrogen-bond donors (Lipinski definition) is 1. The zero-order valence-corrected chi connectivity index (χ0v) is 18.0. The highest BCUT2D eigenvalue weighted by atomic mass is 19.4. The maximum atomic E-state index is 13.1. The Morgan fingerprint density at radius 1 is 1.12 bits per heavy atom. The number of aromatic hydroxyl groups is 1. The summed E-state index contributed by atoms with van der Waals surface area (Å²) in [5.41, 5.74) is -1.25. The zero-order chi connectivity index (χ0) is 23.2. The van der Waals surface area contributed by atoms with E-state index in [-0.39, 0.29) is 12.6 Å². The maximum Gasteiger partial charge on any atom is 0.419 e. The first-order valence-electron chi connectivity index (χ1n) is 10.7. The molecule has 1 aliphatic rings. The minimum atomic E-state index is -4.61. The van der Waals surface area contributed by atoms with E-state index in [1.807, 2.05) is 35.2 Å². The number of alkyl halides is 3. The SMILES string of the molecule is CCOC(=O)C1(CCOc2ccccc2)CCN(Cc2ccc(O)c(C(F)(F)F)c2)CC1. The molecule has 1 aliphatic heterocycles. The molecule has 1 N–H and O–H groups in total. The van der Waals surface area contributed by atoms with Crippen LogP contribution in [0.4, 0.5) is 13.2 Å². The molecule has 0 spiro atoms. The number of likely N-dealkylation sites (tertiary alicyclic amines) is 1. The summed E-state index contributed by atoms with van der Waals surface area (Å²) >= 11 is 0. The highest BCUT2D eigenvalue weighted by molar-refractivity contribution is 5.77. The lowest BCUT2D eigenvalue weighted by molar-refractivity contribution is -0.160. The van der Waals surface area contributed by atoms with Crippen LogP contribution >= 0.6 is 0 Å². The summed E-state index contributed by atoms with van der Waals surface area (Å²) in [5.74, 6) is -0.295. The Kier molecular flexibility index (Phi) is 7.66. The molecule has 1 saturated heterocycles. The molecule has 0 bridgehead atoms. The number of nitrogens with zero attached hydrogens (tertiary/aromatic N) is 1. The van der Waals surface area contributed by atoms with Gasteiger partial charge in [0, 0.05) is 6.54 Å². The van der Waals surface area contributed by atoms with Gasteiger partial charge in [0.15, 0.2) is 0 Å². The van der Waals surface area contributed by atoms with Crippen molar-refractivity contribution < 1.29 is 32.5 Å². The number of carbonyl (C=O) groups excluding carboxylic acids is 1. The van der Waals surface area contributed by atoms with E-state index in [4.69, 9.17) is 9.47 Å². The van der Waals surface area contributed by atoms with Gasteiger partial charge in [0.2, 0.25) is 0 Å². The van der Waals surface area contributed by atoms with Crippen LogP contribution in [0.25, 0.3) is 0 Å². The Morgan fingerprint density at radius 2 is 1.81 bits per heavy atom. The fourth-order valence-corrected chi connectivity index (χ4v) is 4.03. The molecule has 2 aromatic rings. The largest absolute Gasteiger partial charge is 0.507 e. The van der Waals surface area contributed by atoms with Crippen molar-refractivity contribution in [2.24, 2.45) is 5.41 Å². The molecule has 3 rings (SSSR count). The molecule has 0 atom stereocenters. The van der Waals surface area contributed by atoms with E-state index in [9.17, 15) is 23.1 Å². The topological polar surface area (TPSA) is 59.0 Å². The third kappa shape index (κ3) is 5.94. The molecular weight excluding hydrogens is 423 g/mol. The van der Waals surface area contributed by atoms with Gasteiger partial charge in [-0.3, -0.25) is 9.69 Å². The van der Waals surface area contributed by atoms with Crippen LogP contribution in [-0.2, 0) is 22.3 Å². The van der Waals surface area contributed by atoms with Gasteiger partial charge in [-0.1, -0.05) is 24.3 Å². The van der Waals surface area contributed by atoms with Crippen LogP contribution < -0.4 is 4.74 Å². The summed E-state index contributed by atoms with van der Waals surface area (Å²) in [7, 11) is 0. The van der Waals surface area contributed by atoms with Gasteiger partial charge in [0.25, 0.3) is 0 Å². The molecular formula is C24H28F3NO4.